The highest BCUT2D eigenvalue weighted by Gasteiger charge is 2.37. The number of aliphatic hydroxyl groups is 1. The van der Waals surface area contributed by atoms with E-state index in [2.05, 4.69) is 29.2 Å². The first-order chi connectivity index (χ1) is 9.98. The number of carbonyl (C=O) groups is 1. The lowest BCUT2D eigenvalue weighted by atomic mass is 9.96. The van der Waals surface area contributed by atoms with Gasteiger partial charge in [0.1, 0.15) is 6.61 Å². The first-order valence-corrected chi connectivity index (χ1v) is 8.02. The molecule has 1 saturated carbocycles. The number of hydrogen-bond donors (Lipinski definition) is 2. The zero-order chi connectivity index (χ0) is 15.5. The fourth-order valence-corrected chi connectivity index (χ4v) is 3.58. The molecule has 1 heterocycles. The molecule has 0 spiro atoms. The number of carboxylic acids is 1. The predicted molar refractivity (Wildman–Crippen MR) is 79.2 cm³/mol. The minimum Gasteiger partial charge on any atom is -0.481 e. The third-order valence-electron chi connectivity index (χ3n) is 4.19. The second-order valence-electron chi connectivity index (χ2n) is 5.65. The number of likely N-dealkylation sites (N-methyl/N-ethyl adjacent to an activating group) is 1. The van der Waals surface area contributed by atoms with Gasteiger partial charge >= 0.3 is 5.97 Å². The van der Waals surface area contributed by atoms with Gasteiger partial charge < -0.3 is 19.7 Å². The topological polar surface area (TPSA) is 91.5 Å². The zero-order valence-electron chi connectivity index (χ0n) is 12.4. The number of aliphatic hydroxyl groups excluding tert-OH is 1. The molecule has 8 heteroatoms. The molecule has 1 fully saturated rings. The van der Waals surface area contributed by atoms with Crippen LogP contribution in [0.1, 0.15) is 31.5 Å². The summed E-state index contributed by atoms with van der Waals surface area (Å²) in [5.41, 5.74) is 0.0326. The molecule has 21 heavy (non-hydrogen) atoms. The number of hydrogen-bond acceptors (Lipinski definition) is 6. The van der Waals surface area contributed by atoms with E-state index in [1.807, 2.05) is 4.57 Å². The Kier molecular flexibility index (Phi) is 5.23. The second-order valence-corrected chi connectivity index (χ2v) is 6.59. The normalized spacial score (nSPS) is 17.5. The van der Waals surface area contributed by atoms with Crippen molar-refractivity contribution in [2.45, 2.75) is 49.5 Å². The number of nitrogens with zero attached hydrogens (tertiary/aromatic N) is 4. The van der Waals surface area contributed by atoms with Crippen molar-refractivity contribution in [3.8, 4) is 0 Å². The van der Waals surface area contributed by atoms with Crippen molar-refractivity contribution in [2.24, 2.45) is 0 Å². The van der Waals surface area contributed by atoms with Crippen molar-refractivity contribution in [1.82, 2.24) is 19.7 Å². The first-order valence-electron chi connectivity index (χ1n) is 7.03. The van der Waals surface area contributed by atoms with Gasteiger partial charge in [0.05, 0.1) is 5.75 Å². The van der Waals surface area contributed by atoms with E-state index in [0.717, 1.165) is 24.6 Å². The lowest BCUT2D eigenvalue weighted by Crippen LogP contribution is -2.45. The first kappa shape index (κ1) is 16.3. The third-order valence-corrected chi connectivity index (χ3v) is 5.15. The van der Waals surface area contributed by atoms with Crippen LogP contribution in [0.4, 0.5) is 0 Å². The number of thioether (sulfide) groups is 1. The molecule has 1 aliphatic carbocycles. The Morgan fingerprint density at radius 1 is 1.38 bits per heavy atom. The van der Waals surface area contributed by atoms with E-state index in [1.165, 1.54) is 12.8 Å². The minimum absolute atomic E-state index is 0.0326. The predicted octanol–water partition coefficient (Wildman–Crippen LogP) is 0.821. The van der Waals surface area contributed by atoms with E-state index in [0.29, 0.717) is 17.5 Å². The molecule has 2 rings (SSSR count). The van der Waals surface area contributed by atoms with E-state index in [4.69, 9.17) is 5.11 Å². The zero-order valence-corrected chi connectivity index (χ0v) is 13.3. The highest BCUT2D eigenvalue weighted by atomic mass is 32.2. The number of aromatic nitrogens is 3. The molecule has 0 bridgehead atoms. The second kappa shape index (κ2) is 6.76. The SMILES string of the molecule is CN(C)C1(Cn2c(CO)nnc2SCC(=O)O)CCCC1. The Morgan fingerprint density at radius 3 is 2.57 bits per heavy atom. The average molecular weight is 314 g/mol. The largest absolute Gasteiger partial charge is 0.481 e. The van der Waals surface area contributed by atoms with Crippen LogP contribution in [-0.4, -0.2) is 61.2 Å². The van der Waals surface area contributed by atoms with E-state index in [-0.39, 0.29) is 17.9 Å². The van der Waals surface area contributed by atoms with E-state index in [9.17, 15) is 9.90 Å². The molecular formula is C13H22N4O3S. The molecule has 7 nitrogen and oxygen atoms in total. The summed E-state index contributed by atoms with van der Waals surface area (Å²) in [6.45, 7) is 0.495. The van der Waals surface area contributed by atoms with Crippen LogP contribution in [0.25, 0.3) is 0 Å². The van der Waals surface area contributed by atoms with Crippen molar-refractivity contribution >= 4 is 17.7 Å². The van der Waals surface area contributed by atoms with E-state index >= 15 is 0 Å². The summed E-state index contributed by atoms with van der Waals surface area (Å²) in [6.07, 6.45) is 4.55. The fraction of sp³-hybridized carbons (Fsp3) is 0.769. The van der Waals surface area contributed by atoms with Crippen LogP contribution in [0.2, 0.25) is 0 Å². The maximum absolute atomic E-state index is 10.7. The maximum atomic E-state index is 10.7. The van der Waals surface area contributed by atoms with Gasteiger partial charge in [0, 0.05) is 12.1 Å². The van der Waals surface area contributed by atoms with Gasteiger partial charge in [0.2, 0.25) is 0 Å². The molecule has 0 amide bonds. The van der Waals surface area contributed by atoms with Crippen molar-refractivity contribution in [1.29, 1.82) is 0 Å². The maximum Gasteiger partial charge on any atom is 0.313 e. The minimum atomic E-state index is -0.886. The summed E-state index contributed by atoms with van der Waals surface area (Å²) < 4.78 is 1.87. The highest BCUT2D eigenvalue weighted by Crippen LogP contribution is 2.36. The third kappa shape index (κ3) is 3.56. The molecule has 1 aromatic rings. The Morgan fingerprint density at radius 2 is 2.05 bits per heavy atom. The van der Waals surface area contributed by atoms with Gasteiger partial charge in [-0.25, -0.2) is 0 Å². The quantitative estimate of drug-likeness (QED) is 0.720. The van der Waals surface area contributed by atoms with Crippen molar-refractivity contribution < 1.29 is 15.0 Å². The molecule has 1 aliphatic rings. The van der Waals surface area contributed by atoms with Gasteiger partial charge in [-0.05, 0) is 26.9 Å². The van der Waals surface area contributed by atoms with Gasteiger partial charge in [-0.3, -0.25) is 4.79 Å². The van der Waals surface area contributed by atoms with E-state index in [1.54, 1.807) is 0 Å². The van der Waals surface area contributed by atoms with Gasteiger partial charge in [-0.2, -0.15) is 0 Å². The van der Waals surface area contributed by atoms with Crippen LogP contribution in [0.3, 0.4) is 0 Å². The molecule has 0 unspecified atom stereocenters. The molecule has 1 aromatic heterocycles. The van der Waals surface area contributed by atoms with Crippen LogP contribution in [0.5, 0.6) is 0 Å². The number of rotatable bonds is 7. The van der Waals surface area contributed by atoms with E-state index < -0.39 is 5.97 Å². The highest BCUT2D eigenvalue weighted by molar-refractivity contribution is 7.99. The van der Waals surface area contributed by atoms with Gasteiger partial charge in [-0.15, -0.1) is 10.2 Å². The van der Waals surface area contributed by atoms with Crippen LogP contribution in [0, 0.1) is 0 Å². The Balaban J connectivity index is 2.24. The summed E-state index contributed by atoms with van der Waals surface area (Å²) in [5, 5.41) is 26.8. The Labute approximate surface area is 128 Å². The van der Waals surface area contributed by atoms with Crippen LogP contribution in [0.15, 0.2) is 5.16 Å². The summed E-state index contributed by atoms with van der Waals surface area (Å²) in [5.74, 6) is -0.447. The smallest absolute Gasteiger partial charge is 0.313 e. The number of aliphatic carboxylic acids is 1. The van der Waals surface area contributed by atoms with Crippen LogP contribution >= 0.6 is 11.8 Å². The molecule has 118 valence electrons. The summed E-state index contributed by atoms with van der Waals surface area (Å²) in [7, 11) is 4.14. The lowest BCUT2D eigenvalue weighted by Gasteiger charge is -2.37. The van der Waals surface area contributed by atoms with Crippen molar-refractivity contribution in [2.75, 3.05) is 19.8 Å². The number of carboxylic acid groups (broad SMARTS) is 1. The van der Waals surface area contributed by atoms with Crippen molar-refractivity contribution in [3.05, 3.63) is 5.82 Å². The standard InChI is InChI=1S/C13H22N4O3S/c1-16(2)13(5-3-4-6-13)9-17-10(7-18)14-15-12(17)21-8-11(19)20/h18H,3-9H2,1-2H3,(H,19,20). The summed E-state index contributed by atoms with van der Waals surface area (Å²) in [4.78, 5) is 13.0. The molecule has 0 aliphatic heterocycles. The molecule has 0 saturated heterocycles. The lowest BCUT2D eigenvalue weighted by molar-refractivity contribution is -0.133. The van der Waals surface area contributed by atoms with Gasteiger partial charge in [0.25, 0.3) is 0 Å². The Bertz CT molecular complexity index is 498. The van der Waals surface area contributed by atoms with Gasteiger partial charge in [-0.1, -0.05) is 24.6 Å². The van der Waals surface area contributed by atoms with Gasteiger partial charge in [0.15, 0.2) is 11.0 Å². The summed E-state index contributed by atoms with van der Waals surface area (Å²) >= 11 is 1.15. The average Bonchev–Trinajstić information content (AvgIpc) is 3.05. The monoisotopic (exact) mass is 314 g/mol. The van der Waals surface area contributed by atoms with Crippen LogP contribution < -0.4 is 0 Å². The molecular weight excluding hydrogens is 292 g/mol. The molecule has 0 aromatic carbocycles. The molecule has 0 radical (unpaired) electrons. The Hall–Kier alpha value is -1.12. The summed E-state index contributed by atoms with van der Waals surface area (Å²) in [6, 6.07) is 0. The fourth-order valence-electron chi connectivity index (χ4n) is 2.90. The van der Waals surface area contributed by atoms with Crippen LogP contribution in [-0.2, 0) is 17.9 Å². The van der Waals surface area contributed by atoms with Crippen molar-refractivity contribution in [3.63, 3.8) is 0 Å². The molecule has 0 atom stereocenters. The molecule has 2 N–H and O–H groups in total.